The highest BCUT2D eigenvalue weighted by Crippen LogP contribution is 1.97. The molecule has 0 fully saturated rings. The zero-order valence-corrected chi connectivity index (χ0v) is 11.2. The lowest BCUT2D eigenvalue weighted by molar-refractivity contribution is -0.128. The Bertz CT molecular complexity index is 447. The summed E-state index contributed by atoms with van der Waals surface area (Å²) in [6, 6.07) is -0.980. The van der Waals surface area contributed by atoms with E-state index in [1.54, 1.807) is 0 Å². The molecule has 0 saturated carbocycles. The maximum atomic E-state index is 11.6. The second kappa shape index (κ2) is 7.69. The van der Waals surface area contributed by atoms with E-state index in [-0.39, 0.29) is 19.4 Å². The van der Waals surface area contributed by atoms with Crippen LogP contribution < -0.4 is 16.4 Å². The predicted octanol–water partition coefficient (Wildman–Crippen LogP) is -2.24. The van der Waals surface area contributed by atoms with Crippen molar-refractivity contribution in [1.82, 2.24) is 10.6 Å². The Kier molecular flexibility index (Phi) is 7.01. The number of hydrogen-bond acceptors (Lipinski definition) is 5. The van der Waals surface area contributed by atoms with Crippen LogP contribution in [0.15, 0.2) is 0 Å². The zero-order valence-electron chi connectivity index (χ0n) is 10.4. The Labute approximate surface area is 110 Å². The summed E-state index contributed by atoms with van der Waals surface area (Å²) in [6.07, 6.45) is -0.0940. The molecule has 0 aliphatic carbocycles. The number of carbonyl (C=O) groups excluding carboxylic acids is 3. The van der Waals surface area contributed by atoms with Gasteiger partial charge in [0.1, 0.15) is 6.04 Å². The van der Waals surface area contributed by atoms with Crippen molar-refractivity contribution in [2.45, 2.75) is 25.8 Å². The van der Waals surface area contributed by atoms with Gasteiger partial charge in [-0.15, -0.1) is 0 Å². The number of carbonyl (C=O) groups is 3. The molecule has 0 unspecified atom stereocenters. The monoisotopic (exact) mass is 295 g/mol. The average Bonchev–Trinajstić information content (AvgIpc) is 2.21. The number of nitrogens with one attached hydrogen (secondary N) is 2. The van der Waals surface area contributed by atoms with Crippen molar-refractivity contribution in [1.29, 1.82) is 0 Å². The fourth-order valence-corrected chi connectivity index (χ4v) is 1.59. The van der Waals surface area contributed by atoms with Gasteiger partial charge in [-0.05, 0) is 6.42 Å². The van der Waals surface area contributed by atoms with Gasteiger partial charge in [-0.3, -0.25) is 18.9 Å². The Morgan fingerprint density at radius 1 is 1.32 bits per heavy atom. The van der Waals surface area contributed by atoms with Gasteiger partial charge in [0.05, 0.1) is 5.75 Å². The second-order valence-electron chi connectivity index (χ2n) is 3.84. The molecule has 0 aromatic carbocycles. The minimum absolute atomic E-state index is 0.00657. The normalized spacial score (nSPS) is 12.5. The average molecular weight is 295 g/mol. The molecule has 3 amide bonds. The summed E-state index contributed by atoms with van der Waals surface area (Å²) >= 11 is 0. The van der Waals surface area contributed by atoms with Gasteiger partial charge in [0.25, 0.3) is 10.1 Å². The Morgan fingerprint density at radius 2 is 1.89 bits per heavy atom. The van der Waals surface area contributed by atoms with Gasteiger partial charge in [0.15, 0.2) is 0 Å². The van der Waals surface area contributed by atoms with Gasteiger partial charge in [-0.25, -0.2) is 0 Å². The van der Waals surface area contributed by atoms with Gasteiger partial charge in [-0.1, -0.05) is 0 Å². The van der Waals surface area contributed by atoms with E-state index in [2.05, 4.69) is 10.6 Å². The maximum Gasteiger partial charge on any atom is 0.266 e. The van der Waals surface area contributed by atoms with Crippen molar-refractivity contribution in [3.63, 3.8) is 0 Å². The summed E-state index contributed by atoms with van der Waals surface area (Å²) in [7, 11) is -4.17. The van der Waals surface area contributed by atoms with E-state index in [1.807, 2.05) is 0 Å². The van der Waals surface area contributed by atoms with Gasteiger partial charge in [-0.2, -0.15) is 8.42 Å². The summed E-state index contributed by atoms with van der Waals surface area (Å²) in [6.45, 7) is 0.896. The van der Waals surface area contributed by atoms with Gasteiger partial charge >= 0.3 is 0 Å². The van der Waals surface area contributed by atoms with Crippen molar-refractivity contribution < 1.29 is 27.4 Å². The van der Waals surface area contributed by atoms with Crippen LogP contribution in [-0.4, -0.2) is 49.0 Å². The first-order chi connectivity index (χ1) is 8.61. The van der Waals surface area contributed by atoms with Gasteiger partial charge in [0, 0.05) is 19.9 Å². The Hall–Kier alpha value is -1.68. The minimum atomic E-state index is -4.17. The third-order valence-electron chi connectivity index (χ3n) is 2.03. The molecule has 0 aliphatic rings. The van der Waals surface area contributed by atoms with Crippen LogP contribution in [0, 0.1) is 0 Å². The number of hydrogen-bond donors (Lipinski definition) is 4. The molecule has 9 nitrogen and oxygen atoms in total. The van der Waals surface area contributed by atoms with Crippen LogP contribution in [0.1, 0.15) is 19.8 Å². The van der Waals surface area contributed by atoms with Crippen LogP contribution in [0.3, 0.4) is 0 Å². The lowest BCUT2D eigenvalue weighted by atomic mass is 10.1. The lowest BCUT2D eigenvalue weighted by Gasteiger charge is -2.16. The fourth-order valence-electron chi connectivity index (χ4n) is 1.23. The van der Waals surface area contributed by atoms with Crippen molar-refractivity contribution in [3.05, 3.63) is 0 Å². The van der Waals surface area contributed by atoms with Crippen LogP contribution in [0.25, 0.3) is 0 Å². The first kappa shape index (κ1) is 17.3. The van der Waals surface area contributed by atoms with E-state index in [0.717, 1.165) is 0 Å². The molecule has 1 atom stereocenters. The molecule has 0 spiro atoms. The topological polar surface area (TPSA) is 156 Å². The van der Waals surface area contributed by atoms with Crippen molar-refractivity contribution in [2.75, 3.05) is 12.3 Å². The quantitative estimate of drug-likeness (QED) is 0.371. The van der Waals surface area contributed by atoms with Crippen LogP contribution in [0.4, 0.5) is 0 Å². The molecular weight excluding hydrogens is 278 g/mol. The third kappa shape index (κ3) is 9.97. The third-order valence-corrected chi connectivity index (χ3v) is 2.75. The summed E-state index contributed by atoms with van der Waals surface area (Å²) in [4.78, 5) is 33.1. The maximum absolute atomic E-state index is 11.6. The number of primary amides is 1. The molecular formula is C9H17N3O6S. The first-order valence-electron chi connectivity index (χ1n) is 5.40. The standard InChI is InChI=1S/C9H17N3O6S/c1-6(13)12-7(2-3-8(10)14)9(15)11-4-5-19(16,17)18/h7H,2-5H2,1H3,(H2,10,14)(H,11,15)(H,12,13)(H,16,17,18)/t7-/m0/s1. The molecule has 0 aromatic rings. The molecule has 0 rings (SSSR count). The van der Waals surface area contributed by atoms with E-state index >= 15 is 0 Å². The van der Waals surface area contributed by atoms with E-state index in [0.29, 0.717) is 0 Å². The van der Waals surface area contributed by atoms with Gasteiger partial charge < -0.3 is 16.4 Å². The molecule has 19 heavy (non-hydrogen) atoms. The van der Waals surface area contributed by atoms with Crippen molar-refractivity contribution in [2.24, 2.45) is 5.73 Å². The zero-order chi connectivity index (χ0) is 15.1. The molecule has 0 saturated heterocycles. The smallest absolute Gasteiger partial charge is 0.266 e. The molecule has 0 aromatic heterocycles. The lowest BCUT2D eigenvalue weighted by Crippen LogP contribution is -2.47. The van der Waals surface area contributed by atoms with Crippen LogP contribution >= 0.6 is 0 Å². The summed E-state index contributed by atoms with van der Waals surface area (Å²) in [5.41, 5.74) is 4.93. The SMILES string of the molecule is CC(=O)N[C@@H](CCC(N)=O)C(=O)NCCS(=O)(=O)O. The van der Waals surface area contributed by atoms with E-state index in [4.69, 9.17) is 10.3 Å². The molecule has 0 heterocycles. The molecule has 0 radical (unpaired) electrons. The van der Waals surface area contributed by atoms with Crippen LogP contribution in [0.2, 0.25) is 0 Å². The highest BCUT2D eigenvalue weighted by molar-refractivity contribution is 7.85. The Morgan fingerprint density at radius 3 is 2.32 bits per heavy atom. The van der Waals surface area contributed by atoms with Crippen LogP contribution in [-0.2, 0) is 24.5 Å². The minimum Gasteiger partial charge on any atom is -0.370 e. The first-order valence-corrected chi connectivity index (χ1v) is 7.01. The molecule has 0 aliphatic heterocycles. The molecule has 110 valence electrons. The molecule has 10 heteroatoms. The molecule has 0 bridgehead atoms. The van der Waals surface area contributed by atoms with E-state index < -0.39 is 39.6 Å². The number of amides is 3. The number of rotatable bonds is 8. The predicted molar refractivity (Wildman–Crippen MR) is 65.5 cm³/mol. The van der Waals surface area contributed by atoms with E-state index in [1.165, 1.54) is 6.92 Å². The van der Waals surface area contributed by atoms with Crippen molar-refractivity contribution >= 4 is 27.8 Å². The van der Waals surface area contributed by atoms with Crippen molar-refractivity contribution in [3.8, 4) is 0 Å². The Balaban J connectivity index is 4.36. The largest absolute Gasteiger partial charge is 0.370 e. The highest BCUT2D eigenvalue weighted by Gasteiger charge is 2.20. The van der Waals surface area contributed by atoms with Gasteiger partial charge in [0.2, 0.25) is 17.7 Å². The molecule has 5 N–H and O–H groups in total. The van der Waals surface area contributed by atoms with E-state index in [9.17, 15) is 22.8 Å². The summed E-state index contributed by atoms with van der Waals surface area (Å²) in [5.74, 6) is -2.39. The second-order valence-corrected chi connectivity index (χ2v) is 5.41. The highest BCUT2D eigenvalue weighted by atomic mass is 32.2. The summed E-state index contributed by atoms with van der Waals surface area (Å²) in [5, 5.41) is 4.54. The fraction of sp³-hybridized carbons (Fsp3) is 0.667. The number of nitrogens with two attached hydrogens (primary N) is 1. The van der Waals surface area contributed by atoms with Crippen LogP contribution in [0.5, 0.6) is 0 Å². The summed E-state index contributed by atoms with van der Waals surface area (Å²) < 4.78 is 29.4.